The van der Waals surface area contributed by atoms with Crippen LogP contribution in [0.5, 0.6) is 0 Å². The quantitative estimate of drug-likeness (QED) is 0.267. The summed E-state index contributed by atoms with van der Waals surface area (Å²) >= 11 is 0. The second-order valence-electron chi connectivity index (χ2n) is 8.92. The number of hydrogen-bond donors (Lipinski definition) is 0. The Bertz CT molecular complexity index is 932. The van der Waals surface area contributed by atoms with E-state index in [-0.39, 0.29) is 50.2 Å². The SMILES string of the molecule is CC[C@H]1O[C@H](OCCOCCN2C(=O)c3ccccc3C2=O)[C@@H](OC(=O)N(C)C)[C@@H](OC(C)=O)[C@@H]1C. The molecule has 0 aromatic heterocycles. The van der Waals surface area contributed by atoms with Gasteiger partial charge in [0.05, 0.1) is 43.6 Å². The molecule has 2 aliphatic rings. The molecule has 3 rings (SSSR count). The van der Waals surface area contributed by atoms with E-state index in [9.17, 15) is 19.2 Å². The normalized spacial score (nSPS) is 25.5. The number of carbonyl (C=O) groups excluding carboxylic acids is 4. The molecule has 36 heavy (non-hydrogen) atoms. The molecule has 3 amide bonds. The zero-order valence-electron chi connectivity index (χ0n) is 21.3. The van der Waals surface area contributed by atoms with E-state index in [1.54, 1.807) is 38.4 Å². The van der Waals surface area contributed by atoms with Crippen LogP contribution in [-0.4, -0.2) is 98.7 Å². The van der Waals surface area contributed by atoms with E-state index in [0.29, 0.717) is 17.5 Å². The van der Waals surface area contributed by atoms with Gasteiger partial charge in [-0.3, -0.25) is 19.3 Å². The first-order chi connectivity index (χ1) is 17.1. The molecule has 198 valence electrons. The summed E-state index contributed by atoms with van der Waals surface area (Å²) in [7, 11) is 3.09. The number of carbonyl (C=O) groups is 4. The average molecular weight is 507 g/mol. The molecule has 11 nitrogen and oxygen atoms in total. The molecule has 0 radical (unpaired) electrons. The summed E-state index contributed by atoms with van der Waals surface area (Å²) in [5, 5.41) is 0. The van der Waals surface area contributed by atoms with Gasteiger partial charge < -0.3 is 28.6 Å². The summed E-state index contributed by atoms with van der Waals surface area (Å²) in [5.74, 6) is -1.40. The molecular formula is C25H34N2O9. The minimum Gasteiger partial charge on any atom is -0.458 e. The van der Waals surface area contributed by atoms with Crippen LogP contribution in [-0.2, 0) is 28.5 Å². The maximum absolute atomic E-state index is 12.4. The zero-order chi connectivity index (χ0) is 26.4. The van der Waals surface area contributed by atoms with Gasteiger partial charge >= 0.3 is 12.1 Å². The molecule has 0 unspecified atom stereocenters. The molecule has 0 bridgehead atoms. The van der Waals surface area contributed by atoms with E-state index in [4.69, 9.17) is 23.7 Å². The van der Waals surface area contributed by atoms with Crippen molar-refractivity contribution in [1.29, 1.82) is 0 Å². The highest BCUT2D eigenvalue weighted by Gasteiger charge is 2.48. The number of rotatable bonds is 10. The van der Waals surface area contributed by atoms with Gasteiger partial charge in [-0.05, 0) is 18.6 Å². The van der Waals surface area contributed by atoms with Crippen LogP contribution in [0, 0.1) is 5.92 Å². The van der Waals surface area contributed by atoms with E-state index in [1.165, 1.54) is 11.8 Å². The average Bonchev–Trinajstić information content (AvgIpc) is 3.09. The Balaban J connectivity index is 1.54. The Kier molecular flexibility index (Phi) is 9.41. The number of esters is 1. The lowest BCUT2D eigenvalue weighted by molar-refractivity contribution is -0.287. The predicted molar refractivity (Wildman–Crippen MR) is 126 cm³/mol. The summed E-state index contributed by atoms with van der Waals surface area (Å²) in [6, 6.07) is 6.68. The minimum atomic E-state index is -0.973. The van der Waals surface area contributed by atoms with Crippen LogP contribution < -0.4 is 0 Å². The van der Waals surface area contributed by atoms with Gasteiger partial charge in [0.2, 0.25) is 0 Å². The van der Waals surface area contributed by atoms with Crippen molar-refractivity contribution in [3.8, 4) is 0 Å². The fourth-order valence-corrected chi connectivity index (χ4v) is 4.28. The number of benzene rings is 1. The van der Waals surface area contributed by atoms with Crippen molar-refractivity contribution in [1.82, 2.24) is 9.80 Å². The number of hydrogen-bond acceptors (Lipinski definition) is 9. The fourth-order valence-electron chi connectivity index (χ4n) is 4.28. The number of ether oxygens (including phenoxy) is 5. The molecule has 5 atom stereocenters. The lowest BCUT2D eigenvalue weighted by Gasteiger charge is -2.44. The van der Waals surface area contributed by atoms with Gasteiger partial charge in [-0.2, -0.15) is 0 Å². The molecule has 1 aromatic carbocycles. The molecule has 0 N–H and O–H groups in total. The van der Waals surface area contributed by atoms with Crippen LogP contribution in [0.2, 0.25) is 0 Å². The topological polar surface area (TPSA) is 121 Å². The smallest absolute Gasteiger partial charge is 0.409 e. The molecule has 1 aromatic rings. The van der Waals surface area contributed by atoms with Crippen molar-refractivity contribution < 1.29 is 42.9 Å². The van der Waals surface area contributed by atoms with E-state index in [2.05, 4.69) is 0 Å². The van der Waals surface area contributed by atoms with Crippen molar-refractivity contribution in [3.05, 3.63) is 35.4 Å². The van der Waals surface area contributed by atoms with E-state index in [0.717, 1.165) is 4.90 Å². The summed E-state index contributed by atoms with van der Waals surface area (Å²) < 4.78 is 28.6. The summed E-state index contributed by atoms with van der Waals surface area (Å²) in [4.78, 5) is 51.3. The standard InChI is InChI=1S/C25H34N2O9/c1-6-19-15(2)20(34-16(3)28)21(36-25(31)26(4)5)24(35-19)33-14-13-32-12-11-27-22(29)17-9-7-8-10-18(17)23(27)30/h7-10,15,19-21,24H,6,11-14H2,1-5H3/t15-,19-,20+,21+,24+/m1/s1. The zero-order valence-corrected chi connectivity index (χ0v) is 21.3. The maximum Gasteiger partial charge on any atom is 0.409 e. The number of fused-ring (bicyclic) bond motifs is 1. The molecule has 1 fully saturated rings. The summed E-state index contributed by atoms with van der Waals surface area (Å²) in [6.45, 7) is 5.58. The molecular weight excluding hydrogens is 472 g/mol. The second kappa shape index (κ2) is 12.3. The monoisotopic (exact) mass is 506 g/mol. The third-order valence-electron chi connectivity index (χ3n) is 6.16. The molecule has 2 aliphatic heterocycles. The highest BCUT2D eigenvalue weighted by Crippen LogP contribution is 2.32. The Morgan fingerprint density at radius 1 is 1.00 bits per heavy atom. The summed E-state index contributed by atoms with van der Waals surface area (Å²) in [5.41, 5.74) is 0.779. The molecule has 1 saturated heterocycles. The van der Waals surface area contributed by atoms with Crippen molar-refractivity contribution in [2.45, 2.75) is 51.8 Å². The van der Waals surface area contributed by atoms with Crippen LogP contribution in [0.4, 0.5) is 4.79 Å². The predicted octanol–water partition coefficient (Wildman–Crippen LogP) is 2.09. The molecule has 0 spiro atoms. The van der Waals surface area contributed by atoms with Crippen molar-refractivity contribution in [2.75, 3.05) is 40.5 Å². The van der Waals surface area contributed by atoms with Crippen LogP contribution in [0.1, 0.15) is 47.9 Å². The lowest BCUT2D eigenvalue weighted by atomic mass is 9.89. The molecule has 0 saturated carbocycles. The number of imide groups is 1. The molecule has 2 heterocycles. The summed E-state index contributed by atoms with van der Waals surface area (Å²) in [6.07, 6.45) is -2.94. The third kappa shape index (κ3) is 6.21. The Morgan fingerprint density at radius 2 is 1.64 bits per heavy atom. The van der Waals surface area contributed by atoms with Gasteiger partial charge in [0.1, 0.15) is 6.10 Å². The maximum atomic E-state index is 12.4. The Morgan fingerprint density at radius 3 is 2.19 bits per heavy atom. The van der Waals surface area contributed by atoms with Gasteiger partial charge in [-0.15, -0.1) is 0 Å². The largest absolute Gasteiger partial charge is 0.458 e. The Hall–Kier alpha value is -3.02. The first kappa shape index (κ1) is 27.6. The van der Waals surface area contributed by atoms with Gasteiger partial charge in [0.25, 0.3) is 11.8 Å². The van der Waals surface area contributed by atoms with Crippen LogP contribution in [0.3, 0.4) is 0 Å². The first-order valence-corrected chi connectivity index (χ1v) is 12.0. The first-order valence-electron chi connectivity index (χ1n) is 12.0. The number of amides is 3. The van der Waals surface area contributed by atoms with Crippen LogP contribution in [0.15, 0.2) is 24.3 Å². The Labute approximate surface area is 210 Å². The van der Waals surface area contributed by atoms with Gasteiger partial charge in [-0.25, -0.2) is 4.79 Å². The number of nitrogens with zero attached hydrogens (tertiary/aromatic N) is 2. The van der Waals surface area contributed by atoms with Gasteiger partial charge in [-0.1, -0.05) is 26.0 Å². The highest BCUT2D eigenvalue weighted by molar-refractivity contribution is 6.21. The van der Waals surface area contributed by atoms with Crippen LogP contribution in [0.25, 0.3) is 0 Å². The van der Waals surface area contributed by atoms with Crippen molar-refractivity contribution in [3.63, 3.8) is 0 Å². The van der Waals surface area contributed by atoms with Gasteiger partial charge in [0.15, 0.2) is 12.4 Å². The third-order valence-corrected chi connectivity index (χ3v) is 6.16. The second-order valence-corrected chi connectivity index (χ2v) is 8.92. The highest BCUT2D eigenvalue weighted by atomic mass is 16.7. The van der Waals surface area contributed by atoms with E-state index >= 15 is 0 Å². The van der Waals surface area contributed by atoms with Crippen LogP contribution >= 0.6 is 0 Å². The van der Waals surface area contributed by atoms with Crippen molar-refractivity contribution in [2.24, 2.45) is 5.92 Å². The fraction of sp³-hybridized carbons (Fsp3) is 0.600. The van der Waals surface area contributed by atoms with E-state index in [1.807, 2.05) is 13.8 Å². The lowest BCUT2D eigenvalue weighted by Crippen LogP contribution is -2.58. The van der Waals surface area contributed by atoms with Gasteiger partial charge in [0, 0.05) is 26.9 Å². The van der Waals surface area contributed by atoms with E-state index < -0.39 is 30.6 Å². The molecule has 0 aliphatic carbocycles. The minimum absolute atomic E-state index is 0.0837. The van der Waals surface area contributed by atoms with Crippen molar-refractivity contribution >= 4 is 23.9 Å². The molecule has 11 heteroatoms.